The summed E-state index contributed by atoms with van der Waals surface area (Å²) >= 11 is 0. The Balaban J connectivity index is 1.39. The van der Waals surface area contributed by atoms with E-state index in [1.54, 1.807) is 6.08 Å². The summed E-state index contributed by atoms with van der Waals surface area (Å²) in [6.07, 6.45) is 10.8. The molecule has 5 rings (SSSR count). The number of hydrogen-bond acceptors (Lipinski definition) is 3. The van der Waals surface area contributed by atoms with E-state index in [-0.39, 0.29) is 11.3 Å². The predicted molar refractivity (Wildman–Crippen MR) is 128 cm³/mol. The van der Waals surface area contributed by atoms with E-state index in [4.69, 9.17) is 4.74 Å². The van der Waals surface area contributed by atoms with Gasteiger partial charge in [-0.25, -0.2) is 4.79 Å². The Kier molecular flexibility index (Phi) is 5.34. The van der Waals surface area contributed by atoms with Crippen LogP contribution in [0.15, 0.2) is 48.6 Å². The average molecular weight is 449 g/mol. The lowest BCUT2D eigenvalue weighted by molar-refractivity contribution is -0.211. The molecule has 33 heavy (non-hydrogen) atoms. The van der Waals surface area contributed by atoms with E-state index in [0.29, 0.717) is 23.7 Å². The third-order valence-electron chi connectivity index (χ3n) is 10.1. The standard InChI is InChI=1S/C29H36O4/c1-19-17-29-16-13-22-27(2,23(29)11-10-21(19)18-29)15-14-24(28(22,3)26(31)32)33-25(30)12-9-20-7-5-4-6-8-20/h4-9,12,21-24H,1,10-11,13-18H2,2-3H3,(H,31,32)/b12-9+/t21?,22-,23-,24?,27+,28-,29+/m0/s1. The van der Waals surface area contributed by atoms with Gasteiger partial charge in [0.05, 0.1) is 0 Å². The maximum atomic E-state index is 12.8. The molecule has 0 radical (unpaired) electrons. The molecular weight excluding hydrogens is 412 g/mol. The van der Waals surface area contributed by atoms with Crippen LogP contribution in [0.1, 0.15) is 70.8 Å². The number of allylic oxidation sites excluding steroid dienone is 1. The molecule has 7 atom stereocenters. The Morgan fingerprint density at radius 3 is 2.55 bits per heavy atom. The van der Waals surface area contributed by atoms with Crippen LogP contribution in [0.4, 0.5) is 0 Å². The van der Waals surface area contributed by atoms with Crippen LogP contribution in [0.2, 0.25) is 0 Å². The van der Waals surface area contributed by atoms with Gasteiger partial charge in [-0.3, -0.25) is 4.79 Å². The number of carbonyl (C=O) groups excluding carboxylic acids is 1. The normalized spacial score (nSPS) is 41.9. The van der Waals surface area contributed by atoms with Crippen LogP contribution in [-0.2, 0) is 14.3 Å². The lowest BCUT2D eigenvalue weighted by Crippen LogP contribution is -2.63. The first-order valence-corrected chi connectivity index (χ1v) is 12.5. The maximum absolute atomic E-state index is 12.8. The molecule has 2 unspecified atom stereocenters. The monoisotopic (exact) mass is 448 g/mol. The van der Waals surface area contributed by atoms with Crippen molar-refractivity contribution in [3.63, 3.8) is 0 Å². The van der Waals surface area contributed by atoms with Crippen LogP contribution in [0.25, 0.3) is 6.08 Å². The number of carbonyl (C=O) groups is 2. The van der Waals surface area contributed by atoms with Crippen molar-refractivity contribution in [2.75, 3.05) is 0 Å². The van der Waals surface area contributed by atoms with Crippen molar-refractivity contribution < 1.29 is 19.4 Å². The zero-order valence-corrected chi connectivity index (χ0v) is 19.9. The third kappa shape index (κ3) is 3.40. The second-order valence-electron chi connectivity index (χ2n) is 11.6. The SMILES string of the molecule is C=C1C[C@@]23CC[C@H]4[C@@](C)(CCC(OC(=O)/C=C/c5ccccc5)[C@@]4(C)C(=O)O)[C@@H]2CCC1C3. The summed E-state index contributed by atoms with van der Waals surface area (Å²) in [6.45, 7) is 8.58. The van der Waals surface area contributed by atoms with Crippen LogP contribution in [-0.4, -0.2) is 23.1 Å². The van der Waals surface area contributed by atoms with Gasteiger partial charge in [0.15, 0.2) is 0 Å². The van der Waals surface area contributed by atoms with Gasteiger partial charge in [0.25, 0.3) is 0 Å². The van der Waals surface area contributed by atoms with E-state index in [1.807, 2.05) is 37.3 Å². The fourth-order valence-electron chi connectivity index (χ4n) is 8.62. The first-order valence-electron chi connectivity index (χ1n) is 12.5. The van der Waals surface area contributed by atoms with Crippen LogP contribution in [0.5, 0.6) is 0 Å². The Hall–Kier alpha value is -2.36. The fourth-order valence-corrected chi connectivity index (χ4v) is 8.62. The molecule has 1 N–H and O–H groups in total. The molecule has 176 valence electrons. The Morgan fingerprint density at radius 1 is 1.06 bits per heavy atom. The molecule has 4 saturated carbocycles. The molecule has 4 aliphatic carbocycles. The van der Waals surface area contributed by atoms with Gasteiger partial charge in [-0.1, -0.05) is 49.4 Å². The lowest BCUT2D eigenvalue weighted by Gasteiger charge is -2.64. The van der Waals surface area contributed by atoms with E-state index >= 15 is 0 Å². The van der Waals surface area contributed by atoms with Crippen molar-refractivity contribution in [1.82, 2.24) is 0 Å². The molecule has 0 heterocycles. The molecule has 0 aromatic heterocycles. The summed E-state index contributed by atoms with van der Waals surface area (Å²) in [5.74, 6) is -0.0785. The number of esters is 1. The van der Waals surface area contributed by atoms with Crippen molar-refractivity contribution in [2.45, 2.75) is 71.3 Å². The van der Waals surface area contributed by atoms with Crippen LogP contribution >= 0.6 is 0 Å². The van der Waals surface area contributed by atoms with Gasteiger partial charge in [0.1, 0.15) is 11.5 Å². The van der Waals surface area contributed by atoms with Gasteiger partial charge in [-0.05, 0) is 98.5 Å². The summed E-state index contributed by atoms with van der Waals surface area (Å²) in [4.78, 5) is 25.5. The summed E-state index contributed by atoms with van der Waals surface area (Å²) in [5.41, 5.74) is 1.54. The number of carboxylic acids is 1. The number of ether oxygens (including phenoxy) is 1. The molecule has 4 aliphatic rings. The van der Waals surface area contributed by atoms with Crippen molar-refractivity contribution in [3.8, 4) is 0 Å². The van der Waals surface area contributed by atoms with E-state index in [1.165, 1.54) is 30.9 Å². The minimum atomic E-state index is -1.07. The molecule has 4 nitrogen and oxygen atoms in total. The number of rotatable bonds is 4. The summed E-state index contributed by atoms with van der Waals surface area (Å²) in [7, 11) is 0. The zero-order chi connectivity index (χ0) is 23.4. The molecule has 1 spiro atoms. The van der Waals surface area contributed by atoms with Gasteiger partial charge >= 0.3 is 11.9 Å². The smallest absolute Gasteiger partial charge is 0.331 e. The molecule has 1 aromatic rings. The maximum Gasteiger partial charge on any atom is 0.331 e. The van der Waals surface area contributed by atoms with E-state index in [9.17, 15) is 14.7 Å². The molecule has 4 heteroatoms. The van der Waals surface area contributed by atoms with Gasteiger partial charge in [0, 0.05) is 6.08 Å². The minimum Gasteiger partial charge on any atom is -0.481 e. The topological polar surface area (TPSA) is 63.6 Å². The highest BCUT2D eigenvalue weighted by molar-refractivity contribution is 5.87. The molecule has 0 aliphatic heterocycles. The quantitative estimate of drug-likeness (QED) is 0.335. The second-order valence-corrected chi connectivity index (χ2v) is 11.6. The van der Waals surface area contributed by atoms with Crippen molar-refractivity contribution in [3.05, 3.63) is 54.1 Å². The Labute approximate surface area is 197 Å². The van der Waals surface area contributed by atoms with Crippen molar-refractivity contribution in [1.29, 1.82) is 0 Å². The van der Waals surface area contributed by atoms with E-state index in [0.717, 1.165) is 31.2 Å². The molecule has 4 fully saturated rings. The number of benzene rings is 1. The minimum absolute atomic E-state index is 0.00759. The van der Waals surface area contributed by atoms with Crippen molar-refractivity contribution >= 4 is 18.0 Å². The molecule has 0 saturated heterocycles. The predicted octanol–water partition coefficient (Wildman–Crippen LogP) is 6.28. The zero-order valence-electron chi connectivity index (χ0n) is 19.9. The van der Waals surface area contributed by atoms with Gasteiger partial charge in [-0.2, -0.15) is 0 Å². The summed E-state index contributed by atoms with van der Waals surface area (Å²) in [6, 6.07) is 9.59. The highest BCUT2D eigenvalue weighted by Gasteiger charge is 2.67. The van der Waals surface area contributed by atoms with E-state index < -0.39 is 23.5 Å². The summed E-state index contributed by atoms with van der Waals surface area (Å²) < 4.78 is 5.88. The summed E-state index contributed by atoms with van der Waals surface area (Å²) in [5, 5.41) is 10.5. The van der Waals surface area contributed by atoms with Crippen LogP contribution in [0, 0.1) is 34.0 Å². The number of hydrogen-bond donors (Lipinski definition) is 1. The average Bonchev–Trinajstić information content (AvgIpc) is 3.02. The van der Waals surface area contributed by atoms with Gasteiger partial charge in [0.2, 0.25) is 0 Å². The molecule has 0 amide bonds. The van der Waals surface area contributed by atoms with Crippen LogP contribution < -0.4 is 0 Å². The Morgan fingerprint density at radius 2 is 1.82 bits per heavy atom. The number of aliphatic carboxylic acids is 1. The molecule has 1 aromatic carbocycles. The first-order chi connectivity index (χ1) is 15.7. The Bertz CT molecular complexity index is 996. The third-order valence-corrected chi connectivity index (χ3v) is 10.1. The molecule has 2 bridgehead atoms. The largest absolute Gasteiger partial charge is 0.481 e. The highest BCUT2D eigenvalue weighted by Crippen LogP contribution is 2.72. The number of fused-ring (bicyclic) bond motifs is 3. The van der Waals surface area contributed by atoms with Gasteiger partial charge < -0.3 is 9.84 Å². The first kappa shape index (κ1) is 22.4. The van der Waals surface area contributed by atoms with Gasteiger partial charge in [-0.15, -0.1) is 0 Å². The number of carboxylic acid groups (broad SMARTS) is 1. The second kappa shape index (κ2) is 7.85. The van der Waals surface area contributed by atoms with Crippen molar-refractivity contribution in [2.24, 2.45) is 34.0 Å². The lowest BCUT2D eigenvalue weighted by atomic mass is 9.40. The molecular formula is C29H36O4. The highest BCUT2D eigenvalue weighted by atomic mass is 16.5. The van der Waals surface area contributed by atoms with E-state index in [2.05, 4.69) is 13.5 Å². The van der Waals surface area contributed by atoms with Crippen LogP contribution in [0.3, 0.4) is 0 Å². The fraction of sp³-hybridized carbons (Fsp3) is 0.586.